The number of hydrogen-bond acceptors (Lipinski definition) is 3. The summed E-state index contributed by atoms with van der Waals surface area (Å²) < 4.78 is 11.3. The molecule has 1 aromatic carbocycles. The van der Waals surface area contributed by atoms with Gasteiger partial charge >= 0.3 is 0 Å². The number of unbranched alkanes of at least 4 members (excludes halogenated alkanes) is 3. The average Bonchev–Trinajstić information content (AvgIpc) is 3.06. The zero-order valence-corrected chi connectivity index (χ0v) is 13.5. The van der Waals surface area contributed by atoms with Crippen LogP contribution < -0.4 is 10.1 Å². The van der Waals surface area contributed by atoms with Gasteiger partial charge in [0.1, 0.15) is 12.4 Å². The predicted molar refractivity (Wildman–Crippen MR) is 87.4 cm³/mol. The molecule has 122 valence electrons. The summed E-state index contributed by atoms with van der Waals surface area (Å²) in [4.78, 5) is 12.1. The zero-order chi connectivity index (χ0) is 15.6. The van der Waals surface area contributed by atoms with Crippen molar-refractivity contribution in [1.29, 1.82) is 0 Å². The van der Waals surface area contributed by atoms with Gasteiger partial charge < -0.3 is 14.8 Å². The number of nitrogens with one attached hydrogen (secondary N) is 1. The summed E-state index contributed by atoms with van der Waals surface area (Å²) >= 11 is 0. The second-order valence-corrected chi connectivity index (χ2v) is 5.79. The topological polar surface area (TPSA) is 47.6 Å². The second kappa shape index (κ2) is 9.46. The molecule has 1 N–H and O–H groups in total. The summed E-state index contributed by atoms with van der Waals surface area (Å²) in [5.74, 6) is 0.702. The van der Waals surface area contributed by atoms with Crippen LogP contribution in [0.15, 0.2) is 24.3 Å². The van der Waals surface area contributed by atoms with Crippen LogP contribution in [0.1, 0.15) is 55.8 Å². The minimum absolute atomic E-state index is 0.0286. The third-order valence-corrected chi connectivity index (χ3v) is 3.87. The van der Waals surface area contributed by atoms with Crippen molar-refractivity contribution in [3.63, 3.8) is 0 Å². The van der Waals surface area contributed by atoms with Gasteiger partial charge in [-0.05, 0) is 37.5 Å². The highest BCUT2D eigenvalue weighted by atomic mass is 16.5. The zero-order valence-electron chi connectivity index (χ0n) is 13.5. The Hall–Kier alpha value is -1.55. The number of benzene rings is 1. The summed E-state index contributed by atoms with van der Waals surface area (Å²) in [6.07, 6.45) is 6.99. The Morgan fingerprint density at radius 2 is 2.27 bits per heavy atom. The Kier molecular flexibility index (Phi) is 7.23. The van der Waals surface area contributed by atoms with E-state index in [1.54, 1.807) is 6.07 Å². The Morgan fingerprint density at radius 1 is 1.36 bits per heavy atom. The van der Waals surface area contributed by atoms with Crippen molar-refractivity contribution in [2.45, 2.75) is 51.6 Å². The van der Waals surface area contributed by atoms with Crippen LogP contribution in [0.4, 0.5) is 0 Å². The molecule has 1 heterocycles. The second-order valence-electron chi connectivity index (χ2n) is 5.79. The fraction of sp³-hybridized carbons (Fsp3) is 0.611. The van der Waals surface area contributed by atoms with Gasteiger partial charge in [0.25, 0.3) is 5.91 Å². The fourth-order valence-corrected chi connectivity index (χ4v) is 2.55. The lowest BCUT2D eigenvalue weighted by Crippen LogP contribution is -2.24. The molecule has 2 rings (SSSR count). The highest BCUT2D eigenvalue weighted by Gasteiger charge is 2.16. The highest BCUT2D eigenvalue weighted by Crippen LogP contribution is 2.17. The first-order valence-corrected chi connectivity index (χ1v) is 8.42. The standard InChI is InChI=1S/C18H27NO3/c1-2-3-4-5-11-19-18(20)15-8-6-9-16(13-15)22-14-17-10-7-12-21-17/h6,8-9,13,17H,2-5,7,10-12,14H2,1H3,(H,19,20). The van der Waals surface area contributed by atoms with Crippen LogP contribution in [0.2, 0.25) is 0 Å². The van der Waals surface area contributed by atoms with E-state index in [-0.39, 0.29) is 12.0 Å². The molecule has 1 fully saturated rings. The first-order chi connectivity index (χ1) is 10.8. The van der Waals surface area contributed by atoms with Gasteiger partial charge in [0, 0.05) is 18.7 Å². The smallest absolute Gasteiger partial charge is 0.251 e. The molecule has 1 amide bonds. The van der Waals surface area contributed by atoms with Crippen LogP contribution >= 0.6 is 0 Å². The molecule has 22 heavy (non-hydrogen) atoms. The lowest BCUT2D eigenvalue weighted by Gasteiger charge is -2.12. The van der Waals surface area contributed by atoms with Crippen LogP contribution in [0.3, 0.4) is 0 Å². The normalized spacial score (nSPS) is 17.4. The van der Waals surface area contributed by atoms with Crippen LogP contribution in [-0.2, 0) is 4.74 Å². The Balaban J connectivity index is 1.75. The number of hydrogen-bond donors (Lipinski definition) is 1. The summed E-state index contributed by atoms with van der Waals surface area (Å²) in [6, 6.07) is 7.36. The molecule has 1 atom stereocenters. The van der Waals surface area contributed by atoms with Gasteiger partial charge in [0.05, 0.1) is 6.10 Å². The first kappa shape index (κ1) is 16.8. The van der Waals surface area contributed by atoms with E-state index in [9.17, 15) is 4.79 Å². The SMILES string of the molecule is CCCCCCNC(=O)c1cccc(OCC2CCCO2)c1. The number of amides is 1. The van der Waals surface area contributed by atoms with Gasteiger partial charge in [-0.1, -0.05) is 32.3 Å². The van der Waals surface area contributed by atoms with Crippen LogP contribution in [0, 0.1) is 0 Å². The predicted octanol–water partition coefficient (Wildman–Crippen LogP) is 3.55. The average molecular weight is 305 g/mol. The van der Waals surface area contributed by atoms with Crippen molar-refractivity contribution in [3.05, 3.63) is 29.8 Å². The van der Waals surface area contributed by atoms with Gasteiger partial charge in [-0.15, -0.1) is 0 Å². The Bertz CT molecular complexity index is 455. The molecule has 0 aliphatic carbocycles. The summed E-state index contributed by atoms with van der Waals surface area (Å²) in [5, 5.41) is 2.96. The summed E-state index contributed by atoms with van der Waals surface area (Å²) in [5.41, 5.74) is 0.653. The number of carbonyl (C=O) groups excluding carboxylic acids is 1. The van der Waals surface area contributed by atoms with Crippen LogP contribution in [0.25, 0.3) is 0 Å². The van der Waals surface area contributed by atoms with Gasteiger partial charge in [0.15, 0.2) is 0 Å². The lowest BCUT2D eigenvalue weighted by atomic mass is 10.2. The van der Waals surface area contributed by atoms with E-state index in [0.717, 1.165) is 38.2 Å². The minimum atomic E-state index is -0.0286. The third-order valence-electron chi connectivity index (χ3n) is 3.87. The van der Waals surface area contributed by atoms with Crippen molar-refractivity contribution < 1.29 is 14.3 Å². The number of ether oxygens (including phenoxy) is 2. The fourth-order valence-electron chi connectivity index (χ4n) is 2.55. The van der Waals surface area contributed by atoms with Gasteiger partial charge in [-0.2, -0.15) is 0 Å². The largest absolute Gasteiger partial charge is 0.491 e. The molecule has 4 heteroatoms. The molecule has 1 aliphatic heterocycles. The summed E-state index contributed by atoms with van der Waals surface area (Å²) in [7, 11) is 0. The maximum Gasteiger partial charge on any atom is 0.251 e. The monoisotopic (exact) mass is 305 g/mol. The molecular formula is C18H27NO3. The Labute approximate surface area is 133 Å². The maximum atomic E-state index is 12.1. The third kappa shape index (κ3) is 5.68. The van der Waals surface area contributed by atoms with Gasteiger partial charge in [-0.3, -0.25) is 4.79 Å². The summed E-state index contributed by atoms with van der Waals surface area (Å²) in [6.45, 7) is 4.30. The molecule has 4 nitrogen and oxygen atoms in total. The van der Waals surface area contributed by atoms with Crippen molar-refractivity contribution in [2.24, 2.45) is 0 Å². The quantitative estimate of drug-likeness (QED) is 0.710. The first-order valence-electron chi connectivity index (χ1n) is 8.42. The molecule has 1 aromatic rings. The van der Waals surface area contributed by atoms with Gasteiger partial charge in [-0.25, -0.2) is 0 Å². The van der Waals surface area contributed by atoms with Crippen LogP contribution in [0.5, 0.6) is 5.75 Å². The van der Waals surface area contributed by atoms with Crippen molar-refractivity contribution in [3.8, 4) is 5.75 Å². The van der Waals surface area contributed by atoms with E-state index < -0.39 is 0 Å². The van der Waals surface area contributed by atoms with Crippen molar-refractivity contribution in [1.82, 2.24) is 5.32 Å². The van der Waals surface area contributed by atoms with E-state index in [1.807, 2.05) is 18.2 Å². The van der Waals surface area contributed by atoms with E-state index in [0.29, 0.717) is 12.2 Å². The van der Waals surface area contributed by atoms with E-state index in [2.05, 4.69) is 12.2 Å². The van der Waals surface area contributed by atoms with E-state index in [4.69, 9.17) is 9.47 Å². The maximum absolute atomic E-state index is 12.1. The molecule has 1 saturated heterocycles. The van der Waals surface area contributed by atoms with Crippen molar-refractivity contribution in [2.75, 3.05) is 19.8 Å². The molecule has 0 aromatic heterocycles. The molecule has 0 saturated carbocycles. The highest BCUT2D eigenvalue weighted by molar-refractivity contribution is 5.94. The number of carbonyl (C=O) groups is 1. The molecule has 0 bridgehead atoms. The van der Waals surface area contributed by atoms with Crippen molar-refractivity contribution >= 4 is 5.91 Å². The number of rotatable bonds is 9. The molecular weight excluding hydrogens is 278 g/mol. The molecule has 0 spiro atoms. The molecule has 1 aliphatic rings. The minimum Gasteiger partial charge on any atom is -0.491 e. The Morgan fingerprint density at radius 3 is 3.05 bits per heavy atom. The van der Waals surface area contributed by atoms with E-state index in [1.165, 1.54) is 19.3 Å². The van der Waals surface area contributed by atoms with Gasteiger partial charge in [0.2, 0.25) is 0 Å². The lowest BCUT2D eigenvalue weighted by molar-refractivity contribution is 0.0679. The van der Waals surface area contributed by atoms with E-state index >= 15 is 0 Å². The molecule has 1 unspecified atom stereocenters. The van der Waals surface area contributed by atoms with Crippen LogP contribution in [-0.4, -0.2) is 31.8 Å². The molecule has 0 radical (unpaired) electrons.